The van der Waals surface area contributed by atoms with E-state index in [9.17, 15) is 8.42 Å². The number of rotatable bonds is 2. The molecule has 1 fully saturated rings. The van der Waals surface area contributed by atoms with E-state index in [1.807, 2.05) is 13.8 Å². The summed E-state index contributed by atoms with van der Waals surface area (Å²) in [7, 11) is -3.66. The second-order valence-corrected chi connectivity index (χ2v) is 8.84. The Kier molecular flexibility index (Phi) is 3.60. The summed E-state index contributed by atoms with van der Waals surface area (Å²) in [5.74, 6) is 0. The van der Waals surface area contributed by atoms with Crippen molar-refractivity contribution in [2.45, 2.75) is 55.5 Å². The maximum Gasteiger partial charge on any atom is 0.187 e. The summed E-state index contributed by atoms with van der Waals surface area (Å²) in [5, 5.41) is -0.516. The highest BCUT2D eigenvalue weighted by Crippen LogP contribution is 2.45. The van der Waals surface area contributed by atoms with Crippen molar-refractivity contribution in [3.05, 3.63) is 23.2 Å². The largest absolute Gasteiger partial charge is 0.398 e. The molecule has 4 nitrogen and oxygen atoms in total. The van der Waals surface area contributed by atoms with Crippen molar-refractivity contribution in [3.63, 3.8) is 0 Å². The molecule has 0 aliphatic carbocycles. The van der Waals surface area contributed by atoms with Crippen molar-refractivity contribution in [1.29, 1.82) is 0 Å². The molecular formula is C14H20ClNO3S. The number of nitrogens with two attached hydrogens (primary N) is 1. The van der Waals surface area contributed by atoms with Crippen LogP contribution in [0.5, 0.6) is 0 Å². The second kappa shape index (κ2) is 4.61. The lowest BCUT2D eigenvalue weighted by atomic mass is 10.0. The second-order valence-electron chi connectivity index (χ2n) is 6.36. The van der Waals surface area contributed by atoms with Crippen molar-refractivity contribution in [3.8, 4) is 0 Å². The summed E-state index contributed by atoms with van der Waals surface area (Å²) in [4.78, 5) is 0.0149. The lowest BCUT2D eigenvalue weighted by Gasteiger charge is -2.27. The zero-order chi connectivity index (χ0) is 15.3. The lowest BCUT2D eigenvalue weighted by Crippen LogP contribution is -2.38. The fourth-order valence-electron chi connectivity index (χ4n) is 2.96. The molecule has 0 bridgehead atoms. The molecule has 0 aromatic heterocycles. The summed E-state index contributed by atoms with van der Waals surface area (Å²) in [6.45, 7) is 7.36. The molecule has 1 heterocycles. The van der Waals surface area contributed by atoms with E-state index < -0.39 is 26.3 Å². The molecule has 20 heavy (non-hydrogen) atoms. The normalized spacial score (nSPS) is 24.8. The summed E-state index contributed by atoms with van der Waals surface area (Å²) < 4.78 is 31.7. The number of nitrogen functional groups attached to an aromatic ring is 1. The van der Waals surface area contributed by atoms with E-state index >= 15 is 0 Å². The quantitative estimate of drug-likeness (QED) is 0.851. The van der Waals surface area contributed by atoms with Crippen LogP contribution in [0.1, 0.15) is 34.1 Å². The first-order valence-corrected chi connectivity index (χ1v) is 8.38. The molecule has 0 radical (unpaired) electrons. The fourth-order valence-corrected chi connectivity index (χ4v) is 5.90. The van der Waals surface area contributed by atoms with E-state index in [0.717, 1.165) is 0 Å². The van der Waals surface area contributed by atoms with Crippen molar-refractivity contribution in [2.24, 2.45) is 0 Å². The third-order valence-electron chi connectivity index (χ3n) is 3.65. The van der Waals surface area contributed by atoms with E-state index in [2.05, 4.69) is 0 Å². The van der Waals surface area contributed by atoms with Crippen molar-refractivity contribution in [2.75, 3.05) is 5.73 Å². The zero-order valence-corrected chi connectivity index (χ0v) is 13.7. The smallest absolute Gasteiger partial charge is 0.187 e. The van der Waals surface area contributed by atoms with Crippen molar-refractivity contribution in [1.82, 2.24) is 0 Å². The van der Waals surface area contributed by atoms with Gasteiger partial charge in [-0.15, -0.1) is 0 Å². The summed E-state index contributed by atoms with van der Waals surface area (Å²) >= 11 is 6.06. The van der Waals surface area contributed by atoms with Crippen molar-refractivity contribution >= 4 is 27.1 Å². The van der Waals surface area contributed by atoms with Crippen LogP contribution in [0, 0.1) is 0 Å². The van der Waals surface area contributed by atoms with Crippen LogP contribution in [0.2, 0.25) is 5.02 Å². The Bertz CT molecular complexity index is 618. The highest BCUT2D eigenvalue weighted by Gasteiger charge is 2.53. The Morgan fingerprint density at radius 1 is 1.30 bits per heavy atom. The molecule has 112 valence electrons. The molecule has 0 amide bonds. The maximum atomic E-state index is 12.9. The number of hydrogen-bond donors (Lipinski definition) is 1. The molecule has 1 atom stereocenters. The van der Waals surface area contributed by atoms with Gasteiger partial charge in [0.25, 0.3) is 0 Å². The molecule has 0 saturated carbocycles. The van der Waals surface area contributed by atoms with E-state index in [1.54, 1.807) is 32.0 Å². The molecule has 1 aliphatic rings. The molecule has 1 aliphatic heterocycles. The van der Waals surface area contributed by atoms with Crippen LogP contribution in [-0.2, 0) is 14.6 Å². The number of halogens is 1. The first-order valence-electron chi connectivity index (χ1n) is 6.45. The van der Waals surface area contributed by atoms with Gasteiger partial charge in [-0.3, -0.25) is 0 Å². The van der Waals surface area contributed by atoms with Gasteiger partial charge in [-0.2, -0.15) is 0 Å². The first kappa shape index (κ1) is 15.6. The predicted molar refractivity (Wildman–Crippen MR) is 80.7 cm³/mol. The van der Waals surface area contributed by atoms with Crippen LogP contribution in [0.25, 0.3) is 0 Å². The van der Waals surface area contributed by atoms with Crippen LogP contribution in [0.3, 0.4) is 0 Å². The van der Waals surface area contributed by atoms with Crippen LogP contribution >= 0.6 is 11.6 Å². The third-order valence-corrected chi connectivity index (χ3v) is 6.58. The SMILES string of the molecule is CC1(C)CC(S(=O)(=O)c2c(N)cccc2Cl)C(C)(C)O1. The summed E-state index contributed by atoms with van der Waals surface area (Å²) in [6, 6.07) is 4.72. The number of anilines is 1. The minimum atomic E-state index is -3.66. The van der Waals surface area contributed by atoms with Gasteiger partial charge in [0.05, 0.1) is 27.2 Å². The maximum absolute atomic E-state index is 12.9. The van der Waals surface area contributed by atoms with Gasteiger partial charge in [-0.25, -0.2) is 8.42 Å². The van der Waals surface area contributed by atoms with Gasteiger partial charge in [0.15, 0.2) is 9.84 Å². The Balaban J connectivity index is 2.57. The van der Waals surface area contributed by atoms with Crippen LogP contribution < -0.4 is 5.73 Å². The van der Waals surface area contributed by atoms with E-state index in [1.165, 1.54) is 0 Å². The third kappa shape index (κ3) is 2.54. The molecular weight excluding hydrogens is 298 g/mol. The van der Waals surface area contributed by atoms with Crippen LogP contribution in [0.15, 0.2) is 23.1 Å². The first-order chi connectivity index (χ1) is 8.97. The average Bonchev–Trinajstić information content (AvgIpc) is 2.46. The monoisotopic (exact) mass is 317 g/mol. The number of benzene rings is 1. The van der Waals surface area contributed by atoms with Crippen LogP contribution in [-0.4, -0.2) is 24.9 Å². The average molecular weight is 318 g/mol. The highest BCUT2D eigenvalue weighted by atomic mass is 35.5. The fraction of sp³-hybridized carbons (Fsp3) is 0.571. The number of sulfone groups is 1. The summed E-state index contributed by atoms with van der Waals surface area (Å²) in [5.41, 5.74) is 4.73. The lowest BCUT2D eigenvalue weighted by molar-refractivity contribution is -0.0635. The minimum Gasteiger partial charge on any atom is -0.398 e. The van der Waals surface area contributed by atoms with E-state index in [4.69, 9.17) is 22.1 Å². The topological polar surface area (TPSA) is 69.4 Å². The van der Waals surface area contributed by atoms with Gasteiger partial charge in [-0.1, -0.05) is 17.7 Å². The van der Waals surface area contributed by atoms with Gasteiger partial charge in [0.1, 0.15) is 4.90 Å². The van der Waals surface area contributed by atoms with Gasteiger partial charge in [0, 0.05) is 0 Å². The number of ether oxygens (including phenoxy) is 1. The Morgan fingerprint density at radius 3 is 2.35 bits per heavy atom. The molecule has 0 spiro atoms. The summed E-state index contributed by atoms with van der Waals surface area (Å²) in [6.07, 6.45) is 0.410. The van der Waals surface area contributed by atoms with Crippen LogP contribution in [0.4, 0.5) is 5.69 Å². The standard InChI is InChI=1S/C14H20ClNO3S/c1-13(2)8-11(14(3,4)19-13)20(17,18)12-9(15)6-5-7-10(12)16/h5-7,11H,8,16H2,1-4H3. The van der Waals surface area contributed by atoms with Gasteiger partial charge in [0.2, 0.25) is 0 Å². The van der Waals surface area contributed by atoms with Gasteiger partial charge in [-0.05, 0) is 46.2 Å². The molecule has 1 aromatic carbocycles. The molecule has 1 aromatic rings. The Labute approximate surface area is 125 Å². The Morgan fingerprint density at radius 2 is 1.90 bits per heavy atom. The molecule has 2 N–H and O–H groups in total. The van der Waals surface area contributed by atoms with Gasteiger partial charge < -0.3 is 10.5 Å². The predicted octanol–water partition coefficient (Wildman–Crippen LogP) is 3.04. The van der Waals surface area contributed by atoms with Crippen molar-refractivity contribution < 1.29 is 13.2 Å². The number of hydrogen-bond acceptors (Lipinski definition) is 4. The molecule has 2 rings (SSSR count). The minimum absolute atomic E-state index is 0.0149. The molecule has 6 heteroatoms. The molecule has 1 unspecified atom stereocenters. The van der Waals surface area contributed by atoms with Gasteiger partial charge >= 0.3 is 0 Å². The zero-order valence-electron chi connectivity index (χ0n) is 12.1. The Hall–Kier alpha value is -0.780. The molecule has 1 saturated heterocycles. The van der Waals surface area contributed by atoms with E-state index in [-0.39, 0.29) is 15.6 Å². The highest BCUT2D eigenvalue weighted by molar-refractivity contribution is 7.92. The van der Waals surface area contributed by atoms with E-state index in [0.29, 0.717) is 6.42 Å².